The minimum atomic E-state index is -4.40. The van der Waals surface area contributed by atoms with Crippen LogP contribution in [0.2, 0.25) is 0 Å². The molecule has 0 radical (unpaired) electrons. The Balaban J connectivity index is 1.81. The number of nitrogens with zero attached hydrogens (tertiary/aromatic N) is 2. The lowest BCUT2D eigenvalue weighted by atomic mass is 10.1. The van der Waals surface area contributed by atoms with Crippen molar-refractivity contribution in [3.05, 3.63) is 70.5 Å². The van der Waals surface area contributed by atoms with Gasteiger partial charge in [-0.3, -0.25) is 0 Å². The van der Waals surface area contributed by atoms with Gasteiger partial charge in [-0.05, 0) is 75.7 Å². The molecule has 1 unspecified atom stereocenters. The highest BCUT2D eigenvalue weighted by Crippen LogP contribution is 2.32. The molecule has 0 aliphatic rings. The van der Waals surface area contributed by atoms with Crippen molar-refractivity contribution in [3.8, 4) is 17.2 Å². The smallest absolute Gasteiger partial charge is 0.416 e. The zero-order chi connectivity index (χ0) is 23.6. The third-order valence-corrected chi connectivity index (χ3v) is 5.00. The molecule has 0 saturated carbocycles. The van der Waals surface area contributed by atoms with Crippen LogP contribution in [0.1, 0.15) is 41.1 Å². The SMILES string of the molecule is Cc1cc(OC(C)c2c(C)nn(-c3ccc(C(F)(F)F)cc3)c2C)ccc1OCC(=O)O. The first-order valence-electron chi connectivity index (χ1n) is 9.83. The van der Waals surface area contributed by atoms with Crippen molar-refractivity contribution in [2.75, 3.05) is 6.61 Å². The molecule has 0 saturated heterocycles. The van der Waals surface area contributed by atoms with E-state index in [1.54, 1.807) is 29.8 Å². The van der Waals surface area contributed by atoms with E-state index in [2.05, 4.69) is 5.10 Å². The van der Waals surface area contributed by atoms with E-state index in [1.165, 1.54) is 12.1 Å². The van der Waals surface area contributed by atoms with Crippen molar-refractivity contribution >= 4 is 5.97 Å². The zero-order valence-electron chi connectivity index (χ0n) is 18.0. The maximum Gasteiger partial charge on any atom is 0.416 e. The van der Waals surface area contributed by atoms with Crippen molar-refractivity contribution in [2.24, 2.45) is 0 Å². The normalized spacial score (nSPS) is 12.5. The van der Waals surface area contributed by atoms with Gasteiger partial charge >= 0.3 is 12.1 Å². The molecule has 1 N–H and O–H groups in total. The maximum absolute atomic E-state index is 12.8. The van der Waals surface area contributed by atoms with Gasteiger partial charge in [0.25, 0.3) is 0 Å². The molecular formula is C23H23F3N2O4. The standard InChI is InChI=1S/C23H23F3N2O4/c1-13-11-19(9-10-20(13)31-12-21(29)30)32-16(4)22-14(2)27-28(15(22)3)18-7-5-17(6-8-18)23(24,25)26/h5-11,16H,12H2,1-4H3,(H,29,30). The van der Waals surface area contributed by atoms with Crippen LogP contribution < -0.4 is 9.47 Å². The number of alkyl halides is 3. The topological polar surface area (TPSA) is 73.6 Å². The summed E-state index contributed by atoms with van der Waals surface area (Å²) >= 11 is 0. The second-order valence-corrected chi connectivity index (χ2v) is 7.41. The molecular weight excluding hydrogens is 425 g/mol. The molecule has 0 fully saturated rings. The van der Waals surface area contributed by atoms with Gasteiger partial charge < -0.3 is 14.6 Å². The lowest BCUT2D eigenvalue weighted by Crippen LogP contribution is -2.10. The molecule has 0 aliphatic heterocycles. The average molecular weight is 448 g/mol. The minimum Gasteiger partial charge on any atom is -0.486 e. The third kappa shape index (κ3) is 5.04. The molecule has 9 heteroatoms. The summed E-state index contributed by atoms with van der Waals surface area (Å²) in [4.78, 5) is 10.7. The number of ether oxygens (including phenoxy) is 2. The molecule has 0 aliphatic carbocycles. The number of benzene rings is 2. The van der Waals surface area contributed by atoms with Gasteiger partial charge in [-0.15, -0.1) is 0 Å². The Morgan fingerprint density at radius 1 is 1.12 bits per heavy atom. The Morgan fingerprint density at radius 3 is 2.34 bits per heavy atom. The van der Waals surface area contributed by atoms with Gasteiger partial charge in [0.15, 0.2) is 6.61 Å². The molecule has 6 nitrogen and oxygen atoms in total. The summed E-state index contributed by atoms with van der Waals surface area (Å²) in [6.45, 7) is 6.86. The van der Waals surface area contributed by atoms with Crippen molar-refractivity contribution in [2.45, 2.75) is 40.0 Å². The van der Waals surface area contributed by atoms with E-state index in [9.17, 15) is 18.0 Å². The molecule has 0 spiro atoms. The molecule has 2 aromatic carbocycles. The molecule has 0 bridgehead atoms. The van der Waals surface area contributed by atoms with E-state index >= 15 is 0 Å². The van der Waals surface area contributed by atoms with Crippen LogP contribution in [0.4, 0.5) is 13.2 Å². The van der Waals surface area contributed by atoms with E-state index < -0.39 is 24.3 Å². The number of halogens is 3. The summed E-state index contributed by atoms with van der Waals surface area (Å²) < 4.78 is 51.4. The minimum absolute atomic E-state index is 0.386. The molecule has 1 atom stereocenters. The van der Waals surface area contributed by atoms with Crippen LogP contribution in [-0.2, 0) is 11.0 Å². The van der Waals surface area contributed by atoms with Crippen molar-refractivity contribution in [1.29, 1.82) is 0 Å². The summed E-state index contributed by atoms with van der Waals surface area (Å²) in [7, 11) is 0. The molecule has 0 amide bonds. The first kappa shape index (κ1) is 23.2. The Labute approximate surface area is 183 Å². The summed E-state index contributed by atoms with van der Waals surface area (Å²) in [6, 6.07) is 9.91. The Kier molecular flexibility index (Phi) is 6.47. The predicted octanol–water partition coefficient (Wildman–Crippen LogP) is 5.42. The van der Waals surface area contributed by atoms with Gasteiger partial charge in [-0.25, -0.2) is 9.48 Å². The van der Waals surface area contributed by atoms with Crippen LogP contribution in [-0.4, -0.2) is 27.5 Å². The van der Waals surface area contributed by atoms with E-state index in [-0.39, 0.29) is 6.10 Å². The van der Waals surface area contributed by atoms with E-state index in [4.69, 9.17) is 14.6 Å². The number of aliphatic carboxylic acids is 1. The number of rotatable bonds is 7. The maximum atomic E-state index is 12.8. The first-order chi connectivity index (χ1) is 15.0. The molecule has 3 aromatic rings. The summed E-state index contributed by atoms with van der Waals surface area (Å²) in [5, 5.41) is 13.2. The largest absolute Gasteiger partial charge is 0.486 e. The van der Waals surface area contributed by atoms with E-state index in [1.807, 2.05) is 20.8 Å². The summed E-state index contributed by atoms with van der Waals surface area (Å²) in [5.41, 5.74) is 2.82. The molecule has 32 heavy (non-hydrogen) atoms. The van der Waals surface area contributed by atoms with Gasteiger partial charge in [0.2, 0.25) is 0 Å². The van der Waals surface area contributed by atoms with Gasteiger partial charge in [0, 0.05) is 11.3 Å². The van der Waals surface area contributed by atoms with Crippen LogP contribution in [0.25, 0.3) is 5.69 Å². The van der Waals surface area contributed by atoms with Gasteiger partial charge in [0.05, 0.1) is 16.9 Å². The van der Waals surface area contributed by atoms with Crippen LogP contribution in [0.5, 0.6) is 11.5 Å². The summed E-state index contributed by atoms with van der Waals surface area (Å²) in [5.74, 6) is -0.0389. The zero-order valence-corrected chi connectivity index (χ0v) is 18.0. The highest BCUT2D eigenvalue weighted by Gasteiger charge is 2.30. The Morgan fingerprint density at radius 2 is 1.78 bits per heavy atom. The number of hydrogen-bond donors (Lipinski definition) is 1. The van der Waals surface area contributed by atoms with Gasteiger partial charge in [0.1, 0.15) is 17.6 Å². The van der Waals surface area contributed by atoms with Crippen LogP contribution in [0.15, 0.2) is 42.5 Å². The monoisotopic (exact) mass is 448 g/mol. The van der Waals surface area contributed by atoms with Crippen LogP contribution >= 0.6 is 0 Å². The number of carboxylic acids is 1. The number of aromatic nitrogens is 2. The fraction of sp³-hybridized carbons (Fsp3) is 0.304. The van der Waals surface area contributed by atoms with Crippen molar-refractivity contribution in [3.63, 3.8) is 0 Å². The van der Waals surface area contributed by atoms with Gasteiger partial charge in [-0.1, -0.05) is 0 Å². The summed E-state index contributed by atoms with van der Waals surface area (Å²) in [6.07, 6.45) is -4.78. The number of hydrogen-bond acceptors (Lipinski definition) is 4. The Hall–Kier alpha value is -3.49. The Bertz CT molecular complexity index is 1120. The second-order valence-electron chi connectivity index (χ2n) is 7.41. The van der Waals surface area contributed by atoms with E-state index in [0.717, 1.165) is 29.0 Å². The lowest BCUT2D eigenvalue weighted by Gasteiger charge is -2.17. The molecule has 1 heterocycles. The molecule has 3 rings (SSSR count). The number of carbonyl (C=O) groups is 1. The average Bonchev–Trinajstić information content (AvgIpc) is 3.00. The third-order valence-electron chi connectivity index (χ3n) is 5.00. The quantitative estimate of drug-likeness (QED) is 0.523. The van der Waals surface area contributed by atoms with Crippen molar-refractivity contribution in [1.82, 2.24) is 9.78 Å². The molecule has 1 aromatic heterocycles. The molecule has 170 valence electrons. The number of carboxylic acid groups (broad SMARTS) is 1. The number of aryl methyl sites for hydroxylation is 2. The van der Waals surface area contributed by atoms with E-state index in [0.29, 0.717) is 22.9 Å². The van der Waals surface area contributed by atoms with Crippen LogP contribution in [0, 0.1) is 20.8 Å². The fourth-order valence-corrected chi connectivity index (χ4v) is 3.55. The van der Waals surface area contributed by atoms with Gasteiger partial charge in [-0.2, -0.15) is 18.3 Å². The fourth-order valence-electron chi connectivity index (χ4n) is 3.55. The highest BCUT2D eigenvalue weighted by atomic mass is 19.4. The first-order valence-corrected chi connectivity index (χ1v) is 9.83. The van der Waals surface area contributed by atoms with Crippen LogP contribution in [0.3, 0.4) is 0 Å². The highest BCUT2D eigenvalue weighted by molar-refractivity contribution is 5.68. The second kappa shape index (κ2) is 8.94. The van der Waals surface area contributed by atoms with Crippen molar-refractivity contribution < 1.29 is 32.5 Å². The predicted molar refractivity (Wildman–Crippen MR) is 111 cm³/mol. The lowest BCUT2D eigenvalue weighted by molar-refractivity contribution is -0.139.